The minimum Gasteiger partial charge on any atom is -0.505 e. The van der Waals surface area contributed by atoms with Crippen molar-refractivity contribution in [2.24, 2.45) is 16.7 Å². The molecule has 0 N–H and O–H groups in total. The standard InChI is InChI=1S/C19H25F3N4O/c1-12-5-7-26(12)16-23-14(19(20,21)22)9-15(24-16)25-10-17(2)13(6-8-27-4)18(17,3)11-25/h6,8-9,12-13H,5,7,10-11H2,1-4H3/b8-6+/t12-,13?,17?,18?/m0/s1. The minimum absolute atomic E-state index is 0.00951. The Hall–Kier alpha value is -1.99. The number of fused-ring (bicyclic) bond motifs is 1. The second-order valence-electron chi connectivity index (χ2n) is 8.47. The topological polar surface area (TPSA) is 41.5 Å². The number of allylic oxidation sites excluding steroid dienone is 1. The van der Waals surface area contributed by atoms with Gasteiger partial charge in [0.2, 0.25) is 5.95 Å². The van der Waals surface area contributed by atoms with Crippen LogP contribution in [0.2, 0.25) is 0 Å². The highest BCUT2D eigenvalue weighted by molar-refractivity contribution is 5.52. The van der Waals surface area contributed by atoms with Gasteiger partial charge >= 0.3 is 6.18 Å². The number of aromatic nitrogens is 2. The fraction of sp³-hybridized carbons (Fsp3) is 0.684. The van der Waals surface area contributed by atoms with Crippen LogP contribution >= 0.6 is 0 Å². The number of rotatable bonds is 4. The van der Waals surface area contributed by atoms with Crippen molar-refractivity contribution in [2.75, 3.05) is 36.5 Å². The van der Waals surface area contributed by atoms with E-state index in [2.05, 4.69) is 29.9 Å². The Morgan fingerprint density at radius 2 is 1.89 bits per heavy atom. The zero-order chi connectivity index (χ0) is 19.6. The molecule has 3 heterocycles. The molecule has 8 heteroatoms. The van der Waals surface area contributed by atoms with Gasteiger partial charge in [-0.25, -0.2) is 4.98 Å². The molecule has 3 aliphatic rings. The molecule has 1 aromatic heterocycles. The Morgan fingerprint density at radius 3 is 2.37 bits per heavy atom. The predicted molar refractivity (Wildman–Crippen MR) is 96.5 cm³/mol. The number of methoxy groups -OCH3 is 1. The van der Waals surface area contributed by atoms with E-state index in [1.807, 2.05) is 16.7 Å². The van der Waals surface area contributed by atoms with Crippen LogP contribution in [0.3, 0.4) is 0 Å². The summed E-state index contributed by atoms with van der Waals surface area (Å²) in [6, 6.07) is 1.26. The number of hydrogen-bond donors (Lipinski definition) is 0. The average molecular weight is 382 g/mol. The fourth-order valence-corrected chi connectivity index (χ4v) is 4.82. The zero-order valence-corrected chi connectivity index (χ0v) is 16.0. The molecule has 1 aliphatic carbocycles. The monoisotopic (exact) mass is 382 g/mol. The number of nitrogens with zero attached hydrogens (tertiary/aromatic N) is 4. The molecular weight excluding hydrogens is 357 g/mol. The average Bonchev–Trinajstić information content (AvgIpc) is 2.86. The Morgan fingerprint density at radius 1 is 1.22 bits per heavy atom. The van der Waals surface area contributed by atoms with E-state index in [0.29, 0.717) is 31.4 Å². The normalized spacial score (nSPS) is 35.4. The third-order valence-corrected chi connectivity index (χ3v) is 6.93. The Kier molecular flexibility index (Phi) is 3.92. The van der Waals surface area contributed by atoms with Gasteiger partial charge in [-0.1, -0.05) is 13.8 Å². The molecule has 3 atom stereocenters. The highest BCUT2D eigenvalue weighted by Crippen LogP contribution is 2.73. The summed E-state index contributed by atoms with van der Waals surface area (Å²) in [6.07, 6.45) is 0.217. The van der Waals surface area contributed by atoms with Crippen LogP contribution in [0.15, 0.2) is 18.4 Å². The lowest BCUT2D eigenvalue weighted by Crippen LogP contribution is -2.47. The molecule has 148 valence electrons. The lowest BCUT2D eigenvalue weighted by molar-refractivity contribution is -0.141. The van der Waals surface area contributed by atoms with E-state index in [1.54, 1.807) is 13.4 Å². The fourth-order valence-electron chi connectivity index (χ4n) is 4.82. The molecule has 3 fully saturated rings. The lowest BCUT2D eigenvalue weighted by Gasteiger charge is -2.39. The van der Waals surface area contributed by atoms with E-state index in [4.69, 9.17) is 4.74 Å². The van der Waals surface area contributed by atoms with Crippen molar-refractivity contribution in [3.8, 4) is 0 Å². The first kappa shape index (κ1) is 18.4. The Balaban J connectivity index is 1.63. The molecule has 0 aromatic carbocycles. The van der Waals surface area contributed by atoms with Gasteiger partial charge in [-0.2, -0.15) is 18.2 Å². The molecular formula is C19H25F3N4O. The van der Waals surface area contributed by atoms with Gasteiger partial charge in [0, 0.05) is 31.7 Å². The van der Waals surface area contributed by atoms with Gasteiger partial charge in [0.05, 0.1) is 13.4 Å². The van der Waals surface area contributed by atoms with Crippen LogP contribution in [0.5, 0.6) is 0 Å². The molecule has 1 aromatic rings. The van der Waals surface area contributed by atoms with Crippen molar-refractivity contribution in [1.82, 2.24) is 9.97 Å². The molecule has 27 heavy (non-hydrogen) atoms. The quantitative estimate of drug-likeness (QED) is 0.743. The smallest absolute Gasteiger partial charge is 0.433 e. The van der Waals surface area contributed by atoms with Crippen LogP contribution in [0, 0.1) is 16.7 Å². The summed E-state index contributed by atoms with van der Waals surface area (Å²) < 4.78 is 45.3. The van der Waals surface area contributed by atoms with E-state index < -0.39 is 11.9 Å². The molecule has 2 unspecified atom stereocenters. The molecule has 4 rings (SSSR count). The van der Waals surface area contributed by atoms with Crippen molar-refractivity contribution < 1.29 is 17.9 Å². The number of halogens is 3. The molecule has 2 saturated heterocycles. The SMILES string of the molecule is CO/C=C/C1C2(C)CN(c3cc(C(F)(F)F)nc(N4CC[C@@H]4C)n3)CC12C. The number of anilines is 2. The molecule has 0 bridgehead atoms. The third-order valence-electron chi connectivity index (χ3n) is 6.93. The van der Waals surface area contributed by atoms with Gasteiger partial charge < -0.3 is 14.5 Å². The van der Waals surface area contributed by atoms with Crippen LogP contribution in [0.25, 0.3) is 0 Å². The molecule has 0 amide bonds. The van der Waals surface area contributed by atoms with E-state index in [1.165, 1.54) is 0 Å². The number of ether oxygens (including phenoxy) is 1. The van der Waals surface area contributed by atoms with Crippen molar-refractivity contribution >= 4 is 11.8 Å². The summed E-state index contributed by atoms with van der Waals surface area (Å²) in [6.45, 7) is 8.38. The molecule has 0 spiro atoms. The lowest BCUT2D eigenvalue weighted by atomic mass is 10.0. The van der Waals surface area contributed by atoms with Crippen molar-refractivity contribution in [3.63, 3.8) is 0 Å². The molecule has 1 saturated carbocycles. The van der Waals surface area contributed by atoms with E-state index in [-0.39, 0.29) is 22.8 Å². The summed E-state index contributed by atoms with van der Waals surface area (Å²) in [4.78, 5) is 12.1. The van der Waals surface area contributed by atoms with Crippen molar-refractivity contribution in [1.29, 1.82) is 0 Å². The van der Waals surface area contributed by atoms with Gasteiger partial charge in [0.15, 0.2) is 5.69 Å². The highest BCUT2D eigenvalue weighted by atomic mass is 19.4. The second-order valence-corrected chi connectivity index (χ2v) is 8.47. The molecule has 5 nitrogen and oxygen atoms in total. The Labute approximate surface area is 157 Å². The Bertz CT molecular complexity index is 765. The summed E-state index contributed by atoms with van der Waals surface area (Å²) in [5.41, 5.74) is -0.848. The van der Waals surface area contributed by atoms with Gasteiger partial charge in [0.25, 0.3) is 0 Å². The van der Waals surface area contributed by atoms with Gasteiger partial charge in [0.1, 0.15) is 5.82 Å². The van der Waals surface area contributed by atoms with Crippen molar-refractivity contribution in [3.05, 3.63) is 24.1 Å². The van der Waals surface area contributed by atoms with E-state index in [9.17, 15) is 13.2 Å². The van der Waals surface area contributed by atoms with Crippen molar-refractivity contribution in [2.45, 2.75) is 39.4 Å². The molecule has 2 aliphatic heterocycles. The van der Waals surface area contributed by atoms with Gasteiger partial charge in [-0.15, -0.1) is 0 Å². The summed E-state index contributed by atoms with van der Waals surface area (Å²) in [5, 5.41) is 0. The maximum atomic E-state index is 13.4. The zero-order valence-electron chi connectivity index (χ0n) is 16.0. The molecule has 0 radical (unpaired) electrons. The number of piperidine rings is 1. The first-order valence-corrected chi connectivity index (χ1v) is 9.27. The maximum Gasteiger partial charge on any atom is 0.433 e. The first-order valence-electron chi connectivity index (χ1n) is 9.27. The van der Waals surface area contributed by atoms with Crippen LogP contribution in [0.4, 0.5) is 24.9 Å². The highest BCUT2D eigenvalue weighted by Gasteiger charge is 2.74. The number of hydrogen-bond acceptors (Lipinski definition) is 5. The largest absolute Gasteiger partial charge is 0.505 e. The van der Waals surface area contributed by atoms with Crippen LogP contribution in [0.1, 0.15) is 32.9 Å². The summed E-state index contributed by atoms with van der Waals surface area (Å²) in [7, 11) is 1.61. The summed E-state index contributed by atoms with van der Waals surface area (Å²) in [5.74, 6) is 0.917. The predicted octanol–water partition coefficient (Wildman–Crippen LogP) is 3.72. The van der Waals surface area contributed by atoms with Crippen LogP contribution in [-0.4, -0.2) is 42.8 Å². The van der Waals surface area contributed by atoms with Crippen LogP contribution < -0.4 is 9.80 Å². The van der Waals surface area contributed by atoms with E-state index in [0.717, 1.165) is 12.5 Å². The van der Waals surface area contributed by atoms with Gasteiger partial charge in [-0.05, 0) is 36.2 Å². The summed E-state index contributed by atoms with van der Waals surface area (Å²) >= 11 is 0. The third kappa shape index (κ3) is 2.67. The first-order chi connectivity index (χ1) is 12.6. The number of alkyl halides is 3. The van der Waals surface area contributed by atoms with E-state index >= 15 is 0 Å². The van der Waals surface area contributed by atoms with Crippen LogP contribution in [-0.2, 0) is 10.9 Å². The van der Waals surface area contributed by atoms with Gasteiger partial charge in [-0.3, -0.25) is 0 Å². The second kappa shape index (κ2) is 5.75. The minimum atomic E-state index is -4.49. The maximum absolute atomic E-state index is 13.4.